The van der Waals surface area contributed by atoms with Crippen LogP contribution < -0.4 is 0 Å². The van der Waals surface area contributed by atoms with Crippen molar-refractivity contribution in [3.05, 3.63) is 0 Å². The van der Waals surface area contributed by atoms with E-state index in [-0.39, 0.29) is 25.7 Å². The molecule has 0 aliphatic carbocycles. The Morgan fingerprint density at radius 1 is 0.362 bits per heavy atom. The first-order valence-electron chi connectivity index (χ1n) is 31.9. The maximum absolute atomic E-state index is 12.9. The Balaban J connectivity index is 5.24. The first-order chi connectivity index (χ1) is 38.3. The summed E-state index contributed by atoms with van der Waals surface area (Å²) in [4.78, 5) is 71.9. The van der Waals surface area contributed by atoms with E-state index in [0.29, 0.717) is 25.7 Å². The number of phosphoric ester groups is 2. The number of unbranched alkanes of at least 4 members (excludes halogenated alkanes) is 26. The summed E-state index contributed by atoms with van der Waals surface area (Å²) in [7, 11) is -9.88. The predicted molar refractivity (Wildman–Crippen MR) is 317 cm³/mol. The number of hydrogen-bond donors (Lipinski definition) is 3. The number of ether oxygens (including phenoxy) is 4. The van der Waals surface area contributed by atoms with Crippen LogP contribution in [0.3, 0.4) is 0 Å². The second kappa shape index (κ2) is 52.6. The number of carbonyl (C=O) groups excluding carboxylic acids is 4. The number of esters is 4. The highest BCUT2D eigenvalue weighted by Crippen LogP contribution is 2.45. The molecular weight excluding hydrogens is 1070 g/mol. The molecule has 3 unspecified atom stereocenters. The molecule has 0 rings (SSSR count). The summed E-state index contributed by atoms with van der Waals surface area (Å²) in [5.74, 6) is 0.0359. The van der Waals surface area contributed by atoms with Gasteiger partial charge in [0.2, 0.25) is 0 Å². The number of phosphoric acid groups is 2. The van der Waals surface area contributed by atoms with Gasteiger partial charge in [-0.05, 0) is 43.4 Å². The van der Waals surface area contributed by atoms with E-state index in [9.17, 15) is 43.2 Å². The lowest BCUT2D eigenvalue weighted by atomic mass is 10.00. The average molecular weight is 1190 g/mol. The average Bonchev–Trinajstić information content (AvgIpc) is 3.41. The van der Waals surface area contributed by atoms with Crippen LogP contribution in [0, 0.1) is 17.8 Å². The Labute approximate surface area is 486 Å². The molecule has 474 valence electrons. The van der Waals surface area contributed by atoms with E-state index in [1.807, 2.05) is 0 Å². The Hall–Kier alpha value is -1.94. The SMILES string of the molecule is CCCCCCCCCC(=O)OC[C@H](COP(=O)(O)OC[C@H](O)COP(=O)(O)OC[C@@H](COC(=O)CCCCCCCCCCC(C)C)OC(=O)CCCCCCCCCCCC(C)C)OC(=O)CCCCCCCCC(C)CC. The summed E-state index contributed by atoms with van der Waals surface area (Å²) in [5, 5.41) is 10.5. The third-order valence-corrected chi connectivity index (χ3v) is 16.1. The molecule has 0 saturated heterocycles. The number of aliphatic hydroxyl groups excluding tert-OH is 1. The Kier molecular flexibility index (Phi) is 51.3. The first kappa shape index (κ1) is 78.1. The second-order valence-corrected chi connectivity index (χ2v) is 26.2. The minimum Gasteiger partial charge on any atom is -0.462 e. The van der Waals surface area contributed by atoms with Crippen molar-refractivity contribution in [3.63, 3.8) is 0 Å². The van der Waals surface area contributed by atoms with Crippen LogP contribution in [0.2, 0.25) is 0 Å². The van der Waals surface area contributed by atoms with Gasteiger partial charge in [-0.1, -0.05) is 241 Å². The van der Waals surface area contributed by atoms with E-state index in [4.69, 9.17) is 37.0 Å². The summed E-state index contributed by atoms with van der Waals surface area (Å²) < 4.78 is 67.8. The Morgan fingerprint density at radius 3 is 0.950 bits per heavy atom. The number of carbonyl (C=O) groups is 4. The topological polar surface area (TPSA) is 237 Å². The minimum atomic E-state index is -4.94. The van der Waals surface area contributed by atoms with Crippen LogP contribution in [-0.2, 0) is 65.4 Å². The van der Waals surface area contributed by atoms with Gasteiger partial charge in [-0.25, -0.2) is 9.13 Å². The molecule has 0 aromatic carbocycles. The van der Waals surface area contributed by atoms with Gasteiger partial charge < -0.3 is 33.8 Å². The van der Waals surface area contributed by atoms with E-state index in [0.717, 1.165) is 120 Å². The van der Waals surface area contributed by atoms with Crippen molar-refractivity contribution in [2.75, 3.05) is 39.6 Å². The molecule has 0 fully saturated rings. The summed E-state index contributed by atoms with van der Waals surface area (Å²) in [5.41, 5.74) is 0. The summed E-state index contributed by atoms with van der Waals surface area (Å²) in [6, 6.07) is 0. The molecule has 0 aromatic rings. The fourth-order valence-corrected chi connectivity index (χ4v) is 10.5. The van der Waals surface area contributed by atoms with Gasteiger partial charge in [-0.15, -0.1) is 0 Å². The lowest BCUT2D eigenvalue weighted by Crippen LogP contribution is -2.30. The zero-order valence-electron chi connectivity index (χ0n) is 51.5. The lowest BCUT2D eigenvalue weighted by Gasteiger charge is -2.21. The van der Waals surface area contributed by atoms with E-state index in [1.165, 1.54) is 89.9 Å². The Bertz CT molecular complexity index is 1600. The fourth-order valence-electron chi connectivity index (χ4n) is 8.92. The standard InChI is InChI=1S/C61H118O17P2/c1-8-10-11-12-18-28-35-42-58(63)71-48-57(78-61(66)45-38-31-24-23-27-34-41-54(7)9-2)51-76-80(69,70)74-47-55(62)46-73-79(67,68)75-50-56(49-72-59(64)43-36-29-21-17-16-20-26-33-40-53(5)6)77-60(65)44-37-30-22-15-13-14-19-25-32-39-52(3)4/h52-57,62H,8-51H2,1-7H3,(H,67,68)(H,69,70)/t54?,55-,56-,57-/m1/s1. The maximum Gasteiger partial charge on any atom is 0.472 e. The highest BCUT2D eigenvalue weighted by molar-refractivity contribution is 7.47. The molecule has 17 nitrogen and oxygen atoms in total. The Morgan fingerprint density at radius 2 is 0.637 bits per heavy atom. The molecule has 0 amide bonds. The summed E-state index contributed by atoms with van der Waals surface area (Å²) in [6.07, 6.45) is 32.3. The van der Waals surface area contributed by atoms with Crippen LogP contribution in [0.5, 0.6) is 0 Å². The molecule has 80 heavy (non-hydrogen) atoms. The smallest absolute Gasteiger partial charge is 0.462 e. The van der Waals surface area contributed by atoms with Crippen LogP contribution in [0.25, 0.3) is 0 Å². The van der Waals surface area contributed by atoms with Gasteiger partial charge in [0.05, 0.1) is 26.4 Å². The fraction of sp³-hybridized carbons (Fsp3) is 0.934. The second-order valence-electron chi connectivity index (χ2n) is 23.3. The highest BCUT2D eigenvalue weighted by Gasteiger charge is 2.30. The van der Waals surface area contributed by atoms with Crippen LogP contribution in [0.15, 0.2) is 0 Å². The van der Waals surface area contributed by atoms with E-state index >= 15 is 0 Å². The largest absolute Gasteiger partial charge is 0.472 e. The lowest BCUT2D eigenvalue weighted by molar-refractivity contribution is -0.161. The molecule has 0 saturated carbocycles. The van der Waals surface area contributed by atoms with Gasteiger partial charge >= 0.3 is 39.5 Å². The zero-order chi connectivity index (χ0) is 59.5. The van der Waals surface area contributed by atoms with Crippen molar-refractivity contribution in [1.29, 1.82) is 0 Å². The van der Waals surface area contributed by atoms with E-state index < -0.39 is 97.5 Å². The van der Waals surface area contributed by atoms with Gasteiger partial charge in [0.15, 0.2) is 12.2 Å². The molecule has 0 radical (unpaired) electrons. The number of hydrogen-bond acceptors (Lipinski definition) is 15. The maximum atomic E-state index is 12.9. The number of aliphatic hydroxyl groups is 1. The summed E-state index contributed by atoms with van der Waals surface area (Å²) >= 11 is 0. The van der Waals surface area contributed by atoms with Gasteiger partial charge in [0, 0.05) is 25.7 Å². The third-order valence-electron chi connectivity index (χ3n) is 14.2. The molecule has 0 aromatic heterocycles. The normalized spacial score (nSPS) is 14.8. The highest BCUT2D eigenvalue weighted by atomic mass is 31.2. The van der Waals surface area contributed by atoms with Gasteiger partial charge in [-0.3, -0.25) is 37.3 Å². The van der Waals surface area contributed by atoms with E-state index in [2.05, 4.69) is 48.5 Å². The first-order valence-corrected chi connectivity index (χ1v) is 34.9. The minimum absolute atomic E-state index is 0.102. The van der Waals surface area contributed by atoms with Crippen molar-refractivity contribution in [2.45, 2.75) is 311 Å². The van der Waals surface area contributed by atoms with Crippen LogP contribution in [0.4, 0.5) is 0 Å². The number of rotatable bonds is 59. The molecule has 0 bridgehead atoms. The zero-order valence-corrected chi connectivity index (χ0v) is 53.3. The van der Waals surface area contributed by atoms with Crippen molar-refractivity contribution in [2.24, 2.45) is 17.8 Å². The van der Waals surface area contributed by atoms with Gasteiger partial charge in [-0.2, -0.15) is 0 Å². The quantitative estimate of drug-likeness (QED) is 0.0222. The molecular formula is C61H118O17P2. The van der Waals surface area contributed by atoms with Crippen LogP contribution in [0.1, 0.15) is 292 Å². The van der Waals surface area contributed by atoms with Crippen molar-refractivity contribution >= 4 is 39.5 Å². The molecule has 0 aliphatic heterocycles. The van der Waals surface area contributed by atoms with Crippen molar-refractivity contribution in [3.8, 4) is 0 Å². The predicted octanol–water partition coefficient (Wildman–Crippen LogP) is 16.3. The van der Waals surface area contributed by atoms with Gasteiger partial charge in [0.25, 0.3) is 0 Å². The molecule has 0 spiro atoms. The molecule has 0 heterocycles. The monoisotopic (exact) mass is 1180 g/mol. The van der Waals surface area contributed by atoms with Crippen LogP contribution >= 0.6 is 15.6 Å². The van der Waals surface area contributed by atoms with Crippen molar-refractivity contribution in [1.82, 2.24) is 0 Å². The van der Waals surface area contributed by atoms with Crippen LogP contribution in [-0.4, -0.2) is 96.7 Å². The molecule has 19 heteroatoms. The summed E-state index contributed by atoms with van der Waals surface area (Å²) in [6.45, 7) is 11.6. The molecule has 0 aliphatic rings. The van der Waals surface area contributed by atoms with Crippen molar-refractivity contribution < 1.29 is 80.2 Å². The molecule has 6 atom stereocenters. The van der Waals surface area contributed by atoms with E-state index in [1.54, 1.807) is 0 Å². The molecule has 3 N–H and O–H groups in total. The van der Waals surface area contributed by atoms with Gasteiger partial charge in [0.1, 0.15) is 19.3 Å². The third kappa shape index (κ3) is 54.0.